The first-order valence-electron chi connectivity index (χ1n) is 10.3. The lowest BCUT2D eigenvalue weighted by Crippen LogP contribution is -2.26. The Bertz CT molecular complexity index is 1150. The summed E-state index contributed by atoms with van der Waals surface area (Å²) in [6.45, 7) is 5.01. The number of fused-ring (bicyclic) bond motifs is 1. The Labute approximate surface area is 186 Å². The fraction of sp³-hybridized carbons (Fsp3) is 0.409. The minimum absolute atomic E-state index is 0.315. The van der Waals surface area contributed by atoms with Gasteiger partial charge < -0.3 is 15.7 Å². The number of thiazole rings is 1. The molecule has 0 spiro atoms. The maximum Gasteiger partial charge on any atom is 0.433 e. The quantitative estimate of drug-likeness (QED) is 0.523. The fourth-order valence-electron chi connectivity index (χ4n) is 3.75. The number of carbonyl (C=O) groups excluding carboxylic acids is 1. The number of benzene rings is 1. The summed E-state index contributed by atoms with van der Waals surface area (Å²) < 4.78 is 39.7. The van der Waals surface area contributed by atoms with Crippen molar-refractivity contribution in [3.63, 3.8) is 0 Å². The summed E-state index contributed by atoms with van der Waals surface area (Å²) in [6.07, 6.45) is -2.67. The average Bonchev–Trinajstić information content (AvgIpc) is 3.16. The smallest absolute Gasteiger partial charge is 0.386 e. The maximum absolute atomic E-state index is 13.0. The van der Waals surface area contributed by atoms with E-state index in [0.29, 0.717) is 17.2 Å². The number of rotatable bonds is 4. The summed E-state index contributed by atoms with van der Waals surface area (Å²) in [5.41, 5.74) is -1.35. The fourth-order valence-corrected chi connectivity index (χ4v) is 4.91. The number of hydrogen-bond acceptors (Lipinski definition) is 6. The monoisotopic (exact) mass is 464 g/mol. The Hall–Kier alpha value is -2.56. The minimum atomic E-state index is -4.65. The molecule has 0 unspecified atom stereocenters. The zero-order valence-corrected chi connectivity index (χ0v) is 18.4. The van der Waals surface area contributed by atoms with Crippen molar-refractivity contribution in [2.45, 2.75) is 44.4 Å². The van der Waals surface area contributed by atoms with Crippen LogP contribution in [0.1, 0.15) is 59.4 Å². The molecule has 10 heteroatoms. The largest absolute Gasteiger partial charge is 0.433 e. The lowest BCUT2D eigenvalue weighted by atomic mass is 9.95. The van der Waals surface area contributed by atoms with Gasteiger partial charge in [-0.25, -0.2) is 9.97 Å². The zero-order chi connectivity index (χ0) is 23.1. The first-order chi connectivity index (χ1) is 15.0. The van der Waals surface area contributed by atoms with Crippen LogP contribution < -0.4 is 10.6 Å². The Kier molecular flexibility index (Phi) is 5.95. The van der Waals surface area contributed by atoms with Crippen LogP contribution in [0.4, 0.5) is 18.9 Å². The van der Waals surface area contributed by atoms with E-state index in [2.05, 4.69) is 15.6 Å². The molecule has 0 radical (unpaired) electrons. The van der Waals surface area contributed by atoms with E-state index in [1.165, 1.54) is 17.4 Å². The van der Waals surface area contributed by atoms with Crippen LogP contribution in [0.5, 0.6) is 0 Å². The summed E-state index contributed by atoms with van der Waals surface area (Å²) in [5, 5.41) is 17.6. The topological polar surface area (TPSA) is 87.1 Å². The second-order valence-corrected chi connectivity index (χ2v) is 9.42. The van der Waals surface area contributed by atoms with Gasteiger partial charge in [0.25, 0.3) is 5.91 Å². The van der Waals surface area contributed by atoms with Gasteiger partial charge in [0.2, 0.25) is 0 Å². The summed E-state index contributed by atoms with van der Waals surface area (Å²) in [5.74, 6) is -0.435. The normalized spacial score (nSPS) is 15.8. The van der Waals surface area contributed by atoms with Gasteiger partial charge in [-0.15, -0.1) is 11.3 Å². The number of alkyl halides is 3. The molecule has 0 bridgehead atoms. The van der Waals surface area contributed by atoms with Gasteiger partial charge >= 0.3 is 6.18 Å². The predicted molar refractivity (Wildman–Crippen MR) is 117 cm³/mol. The van der Waals surface area contributed by atoms with Crippen molar-refractivity contribution >= 4 is 33.1 Å². The number of anilines is 1. The van der Waals surface area contributed by atoms with Gasteiger partial charge in [0.1, 0.15) is 11.4 Å². The number of nitrogens with zero attached hydrogens (tertiary/aromatic N) is 2. The number of halogens is 3. The molecule has 1 aliphatic heterocycles. The van der Waals surface area contributed by atoms with Gasteiger partial charge in [-0.2, -0.15) is 13.2 Å². The third kappa shape index (κ3) is 4.77. The van der Waals surface area contributed by atoms with Crippen molar-refractivity contribution in [1.29, 1.82) is 0 Å². The number of aliphatic hydroxyl groups is 1. The number of pyridine rings is 1. The second-order valence-electron chi connectivity index (χ2n) is 8.36. The Balaban J connectivity index is 1.69. The summed E-state index contributed by atoms with van der Waals surface area (Å²) >= 11 is 1.53. The van der Waals surface area contributed by atoms with Gasteiger partial charge in [0.15, 0.2) is 0 Å². The highest BCUT2D eigenvalue weighted by atomic mass is 32.1. The molecule has 2 aromatic heterocycles. The van der Waals surface area contributed by atoms with Gasteiger partial charge in [-0.05, 0) is 64.0 Å². The highest BCUT2D eigenvalue weighted by Crippen LogP contribution is 2.38. The first kappa shape index (κ1) is 22.6. The molecule has 3 heterocycles. The molecule has 32 heavy (non-hydrogen) atoms. The van der Waals surface area contributed by atoms with E-state index < -0.39 is 23.4 Å². The third-order valence-electron chi connectivity index (χ3n) is 5.41. The number of piperidine rings is 1. The molecule has 1 aliphatic rings. The molecule has 3 N–H and O–H groups in total. The van der Waals surface area contributed by atoms with E-state index in [1.54, 1.807) is 26.0 Å². The van der Waals surface area contributed by atoms with E-state index in [0.717, 1.165) is 53.3 Å². The van der Waals surface area contributed by atoms with Gasteiger partial charge in [-0.3, -0.25) is 4.79 Å². The molecule has 0 aliphatic carbocycles. The molecule has 6 nitrogen and oxygen atoms in total. The number of carbonyl (C=O) groups is 1. The molecule has 170 valence electrons. The van der Waals surface area contributed by atoms with E-state index in [1.807, 2.05) is 0 Å². The summed E-state index contributed by atoms with van der Waals surface area (Å²) in [7, 11) is 0. The molecule has 0 atom stereocenters. The Morgan fingerprint density at radius 2 is 1.91 bits per heavy atom. The van der Waals surface area contributed by atoms with Crippen molar-refractivity contribution in [2.75, 3.05) is 18.4 Å². The van der Waals surface area contributed by atoms with E-state index in [9.17, 15) is 23.1 Å². The van der Waals surface area contributed by atoms with Crippen LogP contribution in [0.3, 0.4) is 0 Å². The summed E-state index contributed by atoms with van der Waals surface area (Å²) in [4.78, 5) is 20.9. The SMILES string of the molecule is CC(C)(O)c1cc2nc(C3CCNCC3)sc2cc1NC(=O)c1cccc(C(F)(F)F)n1. The number of nitrogens with one attached hydrogen (secondary N) is 2. The first-order valence-corrected chi connectivity index (χ1v) is 11.1. The lowest BCUT2D eigenvalue weighted by molar-refractivity contribution is -0.141. The predicted octanol–water partition coefficient (Wildman–Crippen LogP) is 4.66. The van der Waals surface area contributed by atoms with Crippen LogP contribution in [0, 0.1) is 0 Å². The molecule has 1 saturated heterocycles. The van der Waals surface area contributed by atoms with E-state index >= 15 is 0 Å². The van der Waals surface area contributed by atoms with Gasteiger partial charge in [-0.1, -0.05) is 6.07 Å². The van der Waals surface area contributed by atoms with Crippen molar-refractivity contribution in [3.8, 4) is 0 Å². The van der Waals surface area contributed by atoms with Gasteiger partial charge in [0, 0.05) is 17.2 Å². The van der Waals surface area contributed by atoms with Crippen LogP contribution in [0.15, 0.2) is 30.3 Å². The number of hydrogen-bond donors (Lipinski definition) is 3. The van der Waals surface area contributed by atoms with E-state index in [-0.39, 0.29) is 5.69 Å². The van der Waals surface area contributed by atoms with Crippen molar-refractivity contribution < 1.29 is 23.1 Å². The van der Waals surface area contributed by atoms with Crippen LogP contribution in [0.2, 0.25) is 0 Å². The molecule has 3 aromatic rings. The molecule has 1 aromatic carbocycles. The zero-order valence-electron chi connectivity index (χ0n) is 17.6. The van der Waals surface area contributed by atoms with Gasteiger partial charge in [0.05, 0.1) is 20.8 Å². The molecule has 4 rings (SSSR count). The maximum atomic E-state index is 13.0. The molecular formula is C22H23F3N4O2S. The summed E-state index contributed by atoms with van der Waals surface area (Å²) in [6, 6.07) is 6.61. The molecular weight excluding hydrogens is 441 g/mol. The number of amides is 1. The molecule has 1 fully saturated rings. The van der Waals surface area contributed by atoms with Crippen LogP contribution >= 0.6 is 11.3 Å². The lowest BCUT2D eigenvalue weighted by Gasteiger charge is -2.22. The average molecular weight is 465 g/mol. The molecule has 0 saturated carbocycles. The van der Waals surface area contributed by atoms with Crippen LogP contribution in [0.25, 0.3) is 10.2 Å². The Morgan fingerprint density at radius 1 is 1.19 bits per heavy atom. The second kappa shape index (κ2) is 8.42. The van der Waals surface area contributed by atoms with Crippen molar-refractivity contribution in [3.05, 3.63) is 52.3 Å². The van der Waals surface area contributed by atoms with E-state index in [4.69, 9.17) is 4.98 Å². The van der Waals surface area contributed by atoms with Crippen LogP contribution in [-0.2, 0) is 11.8 Å². The Morgan fingerprint density at radius 3 is 2.56 bits per heavy atom. The minimum Gasteiger partial charge on any atom is -0.386 e. The highest BCUT2D eigenvalue weighted by Gasteiger charge is 2.33. The molecule has 1 amide bonds. The standard InChI is InChI=1S/C22H23F3N4O2S/c1-21(2,31)13-10-16-17(32-20(29-16)12-6-8-26-9-7-12)11-15(13)28-19(30)14-4-3-5-18(27-14)22(23,24)25/h3-5,10-12,26,31H,6-9H2,1-2H3,(H,28,30). The van der Waals surface area contributed by atoms with Crippen molar-refractivity contribution in [1.82, 2.24) is 15.3 Å². The van der Waals surface area contributed by atoms with Crippen molar-refractivity contribution in [2.24, 2.45) is 0 Å². The number of aromatic nitrogens is 2. The third-order valence-corrected chi connectivity index (χ3v) is 6.59. The van der Waals surface area contributed by atoms with Crippen LogP contribution in [-0.4, -0.2) is 34.1 Å². The highest BCUT2D eigenvalue weighted by molar-refractivity contribution is 7.18.